The number of carbonyl (C=O) groups is 1. The fraction of sp³-hybridized carbons (Fsp3) is 0.318. The van der Waals surface area contributed by atoms with Gasteiger partial charge in [-0.2, -0.15) is 0 Å². The summed E-state index contributed by atoms with van der Waals surface area (Å²) in [6, 6.07) is 11.8. The van der Waals surface area contributed by atoms with Crippen LogP contribution in [0, 0.1) is 0 Å². The van der Waals surface area contributed by atoms with Crippen LogP contribution in [0.4, 0.5) is 0 Å². The number of ether oxygens (including phenoxy) is 1. The van der Waals surface area contributed by atoms with Gasteiger partial charge in [0.15, 0.2) is 11.2 Å². The van der Waals surface area contributed by atoms with Gasteiger partial charge in [-0.05, 0) is 55.0 Å². The molecule has 6 heteroatoms. The van der Waals surface area contributed by atoms with E-state index in [0.29, 0.717) is 26.0 Å². The molecule has 6 nitrogen and oxygen atoms in total. The summed E-state index contributed by atoms with van der Waals surface area (Å²) in [7, 11) is 0. The van der Waals surface area contributed by atoms with E-state index in [9.17, 15) is 9.90 Å². The number of nitrogens with zero attached hydrogens (tertiary/aromatic N) is 3. The number of rotatable bonds is 7. The molecular formula is C22H23N3O3. The first-order chi connectivity index (χ1) is 13.7. The molecule has 0 saturated heterocycles. The highest BCUT2D eigenvalue weighted by atomic mass is 16.5. The zero-order chi connectivity index (χ0) is 19.4. The Labute approximate surface area is 163 Å². The van der Waals surface area contributed by atoms with E-state index >= 15 is 0 Å². The van der Waals surface area contributed by atoms with Crippen LogP contribution >= 0.6 is 0 Å². The molecule has 28 heavy (non-hydrogen) atoms. The predicted molar refractivity (Wildman–Crippen MR) is 107 cm³/mol. The summed E-state index contributed by atoms with van der Waals surface area (Å²) >= 11 is 0. The number of aliphatic carboxylic acids is 1. The largest absolute Gasteiger partial charge is 0.479 e. The molecule has 0 unspecified atom stereocenters. The third kappa shape index (κ3) is 3.82. The van der Waals surface area contributed by atoms with Gasteiger partial charge >= 0.3 is 5.97 Å². The van der Waals surface area contributed by atoms with Crippen LogP contribution in [0.25, 0.3) is 17.2 Å². The molecule has 0 atom stereocenters. The van der Waals surface area contributed by atoms with Crippen LogP contribution in [0.1, 0.15) is 36.8 Å². The van der Waals surface area contributed by atoms with Crippen molar-refractivity contribution in [2.45, 2.75) is 44.4 Å². The lowest BCUT2D eigenvalue weighted by atomic mass is 10.0. The van der Waals surface area contributed by atoms with Crippen molar-refractivity contribution in [2.24, 2.45) is 0 Å². The van der Waals surface area contributed by atoms with Crippen molar-refractivity contribution in [1.82, 2.24) is 14.5 Å². The van der Waals surface area contributed by atoms with Gasteiger partial charge in [0.2, 0.25) is 0 Å². The molecule has 0 amide bonds. The quantitative estimate of drug-likeness (QED) is 0.672. The lowest BCUT2D eigenvalue weighted by Gasteiger charge is -2.24. The summed E-state index contributed by atoms with van der Waals surface area (Å²) in [5.41, 5.74) is 2.76. The Morgan fingerprint density at radius 3 is 2.89 bits per heavy atom. The summed E-state index contributed by atoms with van der Waals surface area (Å²) in [4.78, 5) is 20.3. The molecular weight excluding hydrogens is 354 g/mol. The van der Waals surface area contributed by atoms with E-state index in [4.69, 9.17) is 4.74 Å². The molecule has 2 aromatic heterocycles. The fourth-order valence-corrected chi connectivity index (χ4v) is 3.71. The molecule has 0 bridgehead atoms. The van der Waals surface area contributed by atoms with Crippen LogP contribution in [0.15, 0.2) is 55.0 Å². The predicted octanol–water partition coefficient (Wildman–Crippen LogP) is 4.06. The van der Waals surface area contributed by atoms with Crippen molar-refractivity contribution in [3.05, 3.63) is 66.1 Å². The summed E-state index contributed by atoms with van der Waals surface area (Å²) in [5.74, 6) is -0.845. The Morgan fingerprint density at radius 2 is 2.07 bits per heavy atom. The van der Waals surface area contributed by atoms with Gasteiger partial charge in [-0.1, -0.05) is 30.4 Å². The van der Waals surface area contributed by atoms with Gasteiger partial charge in [0, 0.05) is 12.7 Å². The SMILES string of the molecule is O=C(O)C1(OCc2cccc(/C=C/Cn3cnc4cccnc43)c2)CCCC1. The van der Waals surface area contributed by atoms with Crippen molar-refractivity contribution >= 4 is 23.2 Å². The third-order valence-corrected chi connectivity index (χ3v) is 5.25. The number of imidazole rings is 1. The number of aromatic nitrogens is 3. The van der Waals surface area contributed by atoms with Crippen LogP contribution in [0.5, 0.6) is 0 Å². The van der Waals surface area contributed by atoms with Gasteiger partial charge in [0.1, 0.15) is 5.52 Å². The standard InChI is InChI=1S/C22H23N3O3/c26-21(27)22(10-1-2-11-22)28-15-18-7-3-6-17(14-18)8-5-13-25-16-24-19-9-4-12-23-20(19)25/h3-9,12,14,16H,1-2,10-11,13,15H2,(H,26,27)/b8-5+. The Morgan fingerprint density at radius 1 is 1.21 bits per heavy atom. The molecule has 1 N–H and O–H groups in total. The van der Waals surface area contributed by atoms with Crippen molar-refractivity contribution in [3.8, 4) is 0 Å². The number of fused-ring (bicyclic) bond motifs is 1. The minimum atomic E-state index is -1.01. The van der Waals surface area contributed by atoms with E-state index in [1.807, 2.05) is 47.0 Å². The van der Waals surface area contributed by atoms with Gasteiger partial charge < -0.3 is 14.4 Å². The smallest absolute Gasteiger partial charge is 0.335 e. The first-order valence-electron chi connectivity index (χ1n) is 9.55. The Kier molecular flexibility index (Phi) is 5.21. The second-order valence-electron chi connectivity index (χ2n) is 7.19. The monoisotopic (exact) mass is 377 g/mol. The van der Waals surface area contributed by atoms with Crippen molar-refractivity contribution in [2.75, 3.05) is 0 Å². The normalized spacial score (nSPS) is 16.1. The van der Waals surface area contributed by atoms with E-state index < -0.39 is 11.6 Å². The van der Waals surface area contributed by atoms with Crippen LogP contribution in [-0.4, -0.2) is 31.2 Å². The number of hydrogen-bond acceptors (Lipinski definition) is 4. The van der Waals surface area contributed by atoms with Crippen LogP contribution in [0.2, 0.25) is 0 Å². The van der Waals surface area contributed by atoms with E-state index in [0.717, 1.165) is 35.1 Å². The molecule has 1 fully saturated rings. The zero-order valence-electron chi connectivity index (χ0n) is 15.6. The van der Waals surface area contributed by atoms with E-state index in [2.05, 4.69) is 16.0 Å². The third-order valence-electron chi connectivity index (χ3n) is 5.25. The first-order valence-corrected chi connectivity index (χ1v) is 9.55. The highest BCUT2D eigenvalue weighted by Gasteiger charge is 2.42. The molecule has 4 rings (SSSR count). The molecule has 0 radical (unpaired) electrons. The van der Waals surface area contributed by atoms with Crippen molar-refractivity contribution in [3.63, 3.8) is 0 Å². The van der Waals surface area contributed by atoms with Gasteiger partial charge in [0.05, 0.1) is 12.9 Å². The van der Waals surface area contributed by atoms with Crippen LogP contribution in [0.3, 0.4) is 0 Å². The van der Waals surface area contributed by atoms with E-state index in [1.165, 1.54) is 0 Å². The molecule has 144 valence electrons. The van der Waals surface area contributed by atoms with Gasteiger partial charge in [0.25, 0.3) is 0 Å². The molecule has 0 spiro atoms. The average Bonchev–Trinajstić information content (AvgIpc) is 3.35. The number of hydrogen-bond donors (Lipinski definition) is 1. The lowest BCUT2D eigenvalue weighted by molar-refractivity contribution is -0.167. The molecule has 1 aromatic carbocycles. The fourth-order valence-electron chi connectivity index (χ4n) is 3.71. The second-order valence-corrected chi connectivity index (χ2v) is 7.19. The molecule has 1 saturated carbocycles. The van der Waals surface area contributed by atoms with Gasteiger partial charge in [-0.15, -0.1) is 0 Å². The second kappa shape index (κ2) is 7.94. The Bertz CT molecular complexity index is 1000. The highest BCUT2D eigenvalue weighted by molar-refractivity contribution is 5.77. The average molecular weight is 377 g/mol. The molecule has 1 aliphatic rings. The topological polar surface area (TPSA) is 77.2 Å². The minimum Gasteiger partial charge on any atom is -0.479 e. The number of carboxylic acids is 1. The summed E-state index contributed by atoms with van der Waals surface area (Å²) < 4.78 is 7.86. The number of pyridine rings is 1. The van der Waals surface area contributed by atoms with Crippen molar-refractivity contribution in [1.29, 1.82) is 0 Å². The highest BCUT2D eigenvalue weighted by Crippen LogP contribution is 2.34. The molecule has 0 aliphatic heterocycles. The summed E-state index contributed by atoms with van der Waals surface area (Å²) in [6.07, 6.45) is 10.7. The molecule has 2 heterocycles. The Hall–Kier alpha value is -2.99. The zero-order valence-corrected chi connectivity index (χ0v) is 15.6. The summed E-state index contributed by atoms with van der Waals surface area (Å²) in [6.45, 7) is 0.987. The van der Waals surface area contributed by atoms with Crippen molar-refractivity contribution < 1.29 is 14.6 Å². The molecule has 3 aromatic rings. The first kappa shape index (κ1) is 18.4. The number of carboxylic acid groups (broad SMARTS) is 1. The van der Waals surface area contributed by atoms with Crippen LogP contribution in [-0.2, 0) is 22.7 Å². The number of benzene rings is 1. The Balaban J connectivity index is 1.41. The maximum atomic E-state index is 11.6. The maximum Gasteiger partial charge on any atom is 0.335 e. The van der Waals surface area contributed by atoms with E-state index in [-0.39, 0.29) is 0 Å². The summed E-state index contributed by atoms with van der Waals surface area (Å²) in [5, 5.41) is 9.53. The van der Waals surface area contributed by atoms with Crippen LogP contribution < -0.4 is 0 Å². The number of allylic oxidation sites excluding steroid dienone is 1. The van der Waals surface area contributed by atoms with E-state index in [1.54, 1.807) is 12.5 Å². The van der Waals surface area contributed by atoms with Gasteiger partial charge in [-0.3, -0.25) is 0 Å². The van der Waals surface area contributed by atoms with Gasteiger partial charge in [-0.25, -0.2) is 14.8 Å². The molecule has 1 aliphatic carbocycles. The minimum absolute atomic E-state index is 0.310. The lowest BCUT2D eigenvalue weighted by Crippen LogP contribution is -2.38. The maximum absolute atomic E-state index is 11.6.